The number of amides is 1. The van der Waals surface area contributed by atoms with E-state index in [-0.39, 0.29) is 10.8 Å². The topological polar surface area (TPSA) is 75.5 Å². The van der Waals surface area contributed by atoms with E-state index in [4.69, 9.17) is 0 Å². The fourth-order valence-electron chi connectivity index (χ4n) is 2.69. The third kappa shape index (κ3) is 2.48. The first-order valence-electron chi connectivity index (χ1n) is 7.16. The van der Waals surface area contributed by atoms with Crippen LogP contribution in [0.5, 0.6) is 0 Å². The van der Waals surface area contributed by atoms with Crippen LogP contribution in [0.4, 0.5) is 5.69 Å². The lowest BCUT2D eigenvalue weighted by atomic mass is 10.2. The first kappa shape index (κ1) is 15.5. The number of rotatable bonds is 3. The summed E-state index contributed by atoms with van der Waals surface area (Å²) in [5, 5.41) is 0. The van der Waals surface area contributed by atoms with Crippen molar-refractivity contribution in [3.8, 4) is 0 Å². The summed E-state index contributed by atoms with van der Waals surface area (Å²) in [6, 6.07) is 3.25. The van der Waals surface area contributed by atoms with E-state index in [9.17, 15) is 13.2 Å². The monoisotopic (exact) mass is 334 g/mol. The summed E-state index contributed by atoms with van der Waals surface area (Å²) in [6.07, 6.45) is 5.36. The Kier molecular flexibility index (Phi) is 3.63. The molecule has 23 heavy (non-hydrogen) atoms. The number of carbonyl (C=O) groups is 1. The Balaban J connectivity index is 2.02. The molecule has 0 aromatic carbocycles. The molecule has 0 spiro atoms. The largest absolute Gasteiger partial charge is 0.345 e. The molecule has 0 unspecified atom stereocenters. The van der Waals surface area contributed by atoms with Gasteiger partial charge < -0.3 is 9.47 Å². The van der Waals surface area contributed by atoms with Gasteiger partial charge in [0.2, 0.25) is 0 Å². The predicted molar refractivity (Wildman–Crippen MR) is 85.9 cm³/mol. The zero-order valence-electron chi connectivity index (χ0n) is 13.2. The standard InChI is InChI=1S/C15H18N4O3S/c1-17(2)15(20)13-8-12(10-18(13)3)23(21,22)19-7-5-11-4-6-16-9-14(11)19/h4,6,8-10H,5,7H2,1-3H3. The van der Waals surface area contributed by atoms with Gasteiger partial charge in [-0.3, -0.25) is 14.1 Å². The van der Waals surface area contributed by atoms with Gasteiger partial charge in [0, 0.05) is 40.1 Å². The van der Waals surface area contributed by atoms with E-state index in [2.05, 4.69) is 4.98 Å². The minimum atomic E-state index is -3.71. The quantitative estimate of drug-likeness (QED) is 0.835. The molecule has 2 aromatic rings. The molecule has 2 aromatic heterocycles. The van der Waals surface area contributed by atoms with Crippen LogP contribution in [0.2, 0.25) is 0 Å². The van der Waals surface area contributed by atoms with Crippen molar-refractivity contribution in [2.45, 2.75) is 11.3 Å². The number of sulfonamides is 1. The second-order valence-electron chi connectivity index (χ2n) is 5.70. The molecule has 122 valence electrons. The summed E-state index contributed by atoms with van der Waals surface area (Å²) < 4.78 is 28.7. The van der Waals surface area contributed by atoms with E-state index in [1.807, 2.05) is 6.07 Å². The van der Waals surface area contributed by atoms with Crippen molar-refractivity contribution in [2.24, 2.45) is 7.05 Å². The average molecular weight is 334 g/mol. The summed E-state index contributed by atoms with van der Waals surface area (Å²) in [5.74, 6) is -0.238. The van der Waals surface area contributed by atoms with Crippen LogP contribution in [-0.4, -0.2) is 49.4 Å². The van der Waals surface area contributed by atoms with E-state index in [0.717, 1.165) is 5.56 Å². The predicted octanol–water partition coefficient (Wildman–Crippen LogP) is 0.873. The first-order valence-corrected chi connectivity index (χ1v) is 8.60. The Bertz CT molecular complexity index is 871. The highest BCUT2D eigenvalue weighted by Crippen LogP contribution is 2.32. The highest BCUT2D eigenvalue weighted by atomic mass is 32.2. The van der Waals surface area contributed by atoms with E-state index in [0.29, 0.717) is 24.3 Å². The molecule has 3 rings (SSSR count). The number of aromatic nitrogens is 2. The number of fused-ring (bicyclic) bond motifs is 1. The summed E-state index contributed by atoms with van der Waals surface area (Å²) >= 11 is 0. The Morgan fingerprint density at radius 2 is 2.09 bits per heavy atom. The van der Waals surface area contributed by atoms with Crippen LogP contribution in [0.1, 0.15) is 16.1 Å². The number of nitrogens with zero attached hydrogens (tertiary/aromatic N) is 4. The van der Waals surface area contributed by atoms with Crippen molar-refractivity contribution in [2.75, 3.05) is 24.9 Å². The molecule has 8 heteroatoms. The summed E-state index contributed by atoms with van der Waals surface area (Å²) in [5.41, 5.74) is 1.90. The molecule has 1 aliphatic rings. The molecule has 0 atom stereocenters. The maximum atomic E-state index is 12.9. The molecule has 1 aliphatic heterocycles. The maximum absolute atomic E-state index is 12.9. The van der Waals surface area contributed by atoms with Gasteiger partial charge in [-0.1, -0.05) is 0 Å². The Morgan fingerprint density at radius 1 is 1.35 bits per heavy atom. The fraction of sp³-hybridized carbons (Fsp3) is 0.333. The number of hydrogen-bond acceptors (Lipinski definition) is 4. The van der Waals surface area contributed by atoms with Crippen molar-refractivity contribution >= 4 is 21.6 Å². The number of pyridine rings is 1. The molecule has 0 bridgehead atoms. The smallest absolute Gasteiger partial charge is 0.269 e. The lowest BCUT2D eigenvalue weighted by Gasteiger charge is -2.18. The number of anilines is 1. The molecule has 0 aliphatic carbocycles. The SMILES string of the molecule is CN(C)C(=O)c1cc(S(=O)(=O)N2CCc3ccncc32)cn1C. The Morgan fingerprint density at radius 3 is 2.78 bits per heavy atom. The van der Waals surface area contributed by atoms with Crippen LogP contribution in [0.3, 0.4) is 0 Å². The van der Waals surface area contributed by atoms with E-state index >= 15 is 0 Å². The highest BCUT2D eigenvalue weighted by Gasteiger charge is 2.32. The second-order valence-corrected chi connectivity index (χ2v) is 7.57. The lowest BCUT2D eigenvalue weighted by molar-refractivity contribution is 0.0818. The zero-order valence-corrected chi connectivity index (χ0v) is 14.0. The zero-order chi connectivity index (χ0) is 16.8. The summed E-state index contributed by atoms with van der Waals surface area (Å²) in [6.45, 7) is 0.384. The summed E-state index contributed by atoms with van der Waals surface area (Å²) in [4.78, 5) is 17.7. The molecule has 3 heterocycles. The molecule has 0 fully saturated rings. The van der Waals surface area contributed by atoms with Crippen LogP contribution < -0.4 is 4.31 Å². The maximum Gasteiger partial charge on any atom is 0.269 e. The van der Waals surface area contributed by atoms with Crippen molar-refractivity contribution in [1.82, 2.24) is 14.5 Å². The minimum Gasteiger partial charge on any atom is -0.345 e. The molecule has 0 radical (unpaired) electrons. The van der Waals surface area contributed by atoms with E-state index in [1.54, 1.807) is 33.5 Å². The first-order chi connectivity index (χ1) is 10.8. The van der Waals surface area contributed by atoms with Crippen molar-refractivity contribution in [3.05, 3.63) is 42.0 Å². The van der Waals surface area contributed by atoms with Gasteiger partial charge in [-0.2, -0.15) is 0 Å². The molecule has 0 saturated heterocycles. The van der Waals surface area contributed by atoms with Crippen LogP contribution >= 0.6 is 0 Å². The van der Waals surface area contributed by atoms with Gasteiger partial charge >= 0.3 is 0 Å². The Hall–Kier alpha value is -2.35. The van der Waals surface area contributed by atoms with Gasteiger partial charge in [0.05, 0.1) is 11.9 Å². The van der Waals surface area contributed by atoms with Gasteiger partial charge in [-0.15, -0.1) is 0 Å². The van der Waals surface area contributed by atoms with E-state index in [1.165, 1.54) is 26.0 Å². The molecule has 1 amide bonds. The summed E-state index contributed by atoms with van der Waals surface area (Å²) in [7, 11) is 1.21. The van der Waals surface area contributed by atoms with Gasteiger partial charge in [0.1, 0.15) is 10.6 Å². The minimum absolute atomic E-state index is 0.113. The van der Waals surface area contributed by atoms with Crippen LogP contribution in [-0.2, 0) is 23.5 Å². The van der Waals surface area contributed by atoms with Crippen LogP contribution in [0.25, 0.3) is 0 Å². The van der Waals surface area contributed by atoms with Gasteiger partial charge in [0.15, 0.2) is 0 Å². The molecule has 7 nitrogen and oxygen atoms in total. The molecular weight excluding hydrogens is 316 g/mol. The van der Waals surface area contributed by atoms with Crippen LogP contribution in [0.15, 0.2) is 35.6 Å². The van der Waals surface area contributed by atoms with Gasteiger partial charge in [-0.25, -0.2) is 8.42 Å². The third-order valence-electron chi connectivity index (χ3n) is 3.93. The number of hydrogen-bond donors (Lipinski definition) is 0. The Labute approximate surface area is 135 Å². The molecular formula is C15H18N4O3S. The van der Waals surface area contributed by atoms with Crippen LogP contribution in [0, 0.1) is 0 Å². The van der Waals surface area contributed by atoms with Gasteiger partial charge in [-0.05, 0) is 24.1 Å². The van der Waals surface area contributed by atoms with Crippen molar-refractivity contribution < 1.29 is 13.2 Å². The van der Waals surface area contributed by atoms with Crippen molar-refractivity contribution in [3.63, 3.8) is 0 Å². The number of aryl methyl sites for hydroxylation is 1. The highest BCUT2D eigenvalue weighted by molar-refractivity contribution is 7.92. The lowest BCUT2D eigenvalue weighted by Crippen LogP contribution is -2.29. The second kappa shape index (κ2) is 5.38. The normalized spacial score (nSPS) is 14.0. The molecule has 0 saturated carbocycles. The van der Waals surface area contributed by atoms with Crippen molar-refractivity contribution in [1.29, 1.82) is 0 Å². The fourth-order valence-corrected chi connectivity index (χ4v) is 4.25. The van der Waals surface area contributed by atoms with E-state index < -0.39 is 10.0 Å². The third-order valence-corrected chi connectivity index (χ3v) is 5.71. The average Bonchev–Trinajstić information content (AvgIpc) is 3.10. The van der Waals surface area contributed by atoms with Gasteiger partial charge in [0.25, 0.3) is 15.9 Å². The molecule has 0 N–H and O–H groups in total. The number of carbonyl (C=O) groups excluding carboxylic acids is 1.